The number of aryl methyl sites for hydroxylation is 1. The lowest BCUT2D eigenvalue weighted by molar-refractivity contribution is 0.0727. The van der Waals surface area contributed by atoms with E-state index < -0.39 is 0 Å². The third kappa shape index (κ3) is 3.82. The van der Waals surface area contributed by atoms with E-state index in [-0.39, 0.29) is 11.9 Å². The van der Waals surface area contributed by atoms with Gasteiger partial charge in [-0.3, -0.25) is 4.79 Å². The normalized spacial score (nSPS) is 14.9. The Kier molecular flexibility index (Phi) is 4.60. The third-order valence-electron chi connectivity index (χ3n) is 5.35. The van der Waals surface area contributed by atoms with Crippen molar-refractivity contribution in [1.29, 1.82) is 0 Å². The van der Waals surface area contributed by atoms with Crippen LogP contribution in [-0.4, -0.2) is 33.3 Å². The number of aromatic nitrogens is 2. The molecule has 1 aliphatic carbocycles. The fourth-order valence-corrected chi connectivity index (χ4v) is 3.38. The molecular formula is C22H25N3O2. The lowest BCUT2D eigenvalue weighted by Gasteiger charge is -2.25. The van der Waals surface area contributed by atoms with Crippen molar-refractivity contribution in [3.05, 3.63) is 65.6 Å². The minimum Gasteiger partial charge on any atom is -0.487 e. The first-order chi connectivity index (χ1) is 13.0. The molecule has 1 atom stereocenters. The van der Waals surface area contributed by atoms with E-state index in [1.54, 1.807) is 0 Å². The Morgan fingerprint density at radius 3 is 2.89 bits per heavy atom. The monoisotopic (exact) mass is 363 g/mol. The molecule has 4 rings (SSSR count). The Labute approximate surface area is 159 Å². The van der Waals surface area contributed by atoms with Crippen molar-refractivity contribution in [2.24, 2.45) is 5.92 Å². The summed E-state index contributed by atoms with van der Waals surface area (Å²) in [6.07, 6.45) is 6.46. The number of benzene rings is 1. The van der Waals surface area contributed by atoms with E-state index in [0.717, 1.165) is 11.3 Å². The van der Waals surface area contributed by atoms with Gasteiger partial charge in [0.1, 0.15) is 18.0 Å². The average Bonchev–Trinajstić information content (AvgIpc) is 3.45. The molecule has 3 aromatic rings. The van der Waals surface area contributed by atoms with Crippen molar-refractivity contribution in [3.8, 4) is 5.75 Å². The molecule has 0 aliphatic heterocycles. The van der Waals surface area contributed by atoms with E-state index in [1.807, 2.05) is 65.1 Å². The summed E-state index contributed by atoms with van der Waals surface area (Å²) < 4.78 is 7.90. The van der Waals surface area contributed by atoms with E-state index >= 15 is 0 Å². The van der Waals surface area contributed by atoms with Crippen LogP contribution in [0.1, 0.15) is 41.4 Å². The maximum Gasteiger partial charge on any atom is 0.253 e. The molecule has 2 aromatic heterocycles. The summed E-state index contributed by atoms with van der Waals surface area (Å²) in [6, 6.07) is 11.7. The largest absolute Gasteiger partial charge is 0.487 e. The molecular weight excluding hydrogens is 338 g/mol. The van der Waals surface area contributed by atoms with Crippen LogP contribution in [0.25, 0.3) is 5.65 Å². The predicted octanol–water partition coefficient (Wildman–Crippen LogP) is 4.09. The summed E-state index contributed by atoms with van der Waals surface area (Å²) in [7, 11) is 1.89. The molecule has 0 N–H and O–H groups in total. The Morgan fingerprint density at radius 2 is 2.11 bits per heavy atom. The fourth-order valence-electron chi connectivity index (χ4n) is 3.38. The first kappa shape index (κ1) is 17.6. The number of imidazole rings is 1. The van der Waals surface area contributed by atoms with Crippen LogP contribution in [0.15, 0.2) is 48.8 Å². The van der Waals surface area contributed by atoms with Crippen LogP contribution in [0.4, 0.5) is 0 Å². The second-order valence-corrected chi connectivity index (χ2v) is 7.51. The maximum absolute atomic E-state index is 12.7. The number of hydrogen-bond donors (Lipinski definition) is 0. The number of amides is 1. The Balaban J connectivity index is 1.44. The van der Waals surface area contributed by atoms with Gasteiger partial charge in [-0.15, -0.1) is 0 Å². The number of pyridine rings is 1. The second kappa shape index (κ2) is 7.06. The number of rotatable bonds is 6. The lowest BCUT2D eigenvalue weighted by Crippen LogP contribution is -2.36. The van der Waals surface area contributed by atoms with Crippen molar-refractivity contribution in [2.45, 2.75) is 39.3 Å². The second-order valence-electron chi connectivity index (χ2n) is 7.51. The zero-order valence-corrected chi connectivity index (χ0v) is 16.1. The standard InChI is InChI=1S/C22H25N3O2/c1-15-7-10-21-23-19(13-25(21)12-15)14-27-20-6-4-5-18(11-20)22(26)24(3)16(2)17-8-9-17/h4-7,10-13,16-17H,8-9,14H2,1-3H3. The van der Waals surface area contributed by atoms with Crippen LogP contribution in [0.5, 0.6) is 5.75 Å². The van der Waals surface area contributed by atoms with Gasteiger partial charge in [0.2, 0.25) is 0 Å². The highest BCUT2D eigenvalue weighted by Crippen LogP contribution is 2.35. The van der Waals surface area contributed by atoms with Gasteiger partial charge in [0, 0.05) is 31.0 Å². The highest BCUT2D eigenvalue weighted by Gasteiger charge is 2.32. The van der Waals surface area contributed by atoms with E-state index in [2.05, 4.69) is 18.8 Å². The van der Waals surface area contributed by atoms with Gasteiger partial charge in [0.25, 0.3) is 5.91 Å². The lowest BCUT2D eigenvalue weighted by atomic mass is 10.1. The van der Waals surface area contributed by atoms with Crippen molar-refractivity contribution >= 4 is 11.6 Å². The molecule has 0 bridgehead atoms. The maximum atomic E-state index is 12.7. The smallest absolute Gasteiger partial charge is 0.253 e. The molecule has 1 amide bonds. The Bertz CT molecular complexity index is 975. The molecule has 1 fully saturated rings. The molecule has 1 aromatic carbocycles. The minimum atomic E-state index is 0.0445. The Morgan fingerprint density at radius 1 is 1.30 bits per heavy atom. The molecule has 1 unspecified atom stereocenters. The molecule has 0 radical (unpaired) electrons. The number of ether oxygens (including phenoxy) is 1. The van der Waals surface area contributed by atoms with Gasteiger partial charge in [-0.25, -0.2) is 4.98 Å². The summed E-state index contributed by atoms with van der Waals surface area (Å²) in [5, 5.41) is 0. The van der Waals surface area contributed by atoms with E-state index in [9.17, 15) is 4.79 Å². The first-order valence-corrected chi connectivity index (χ1v) is 9.45. The summed E-state index contributed by atoms with van der Waals surface area (Å²) in [6.45, 7) is 4.55. The van der Waals surface area contributed by atoms with Gasteiger partial charge in [0.05, 0.1) is 5.69 Å². The Hall–Kier alpha value is -2.82. The molecule has 27 heavy (non-hydrogen) atoms. The van der Waals surface area contributed by atoms with E-state index in [1.165, 1.54) is 18.4 Å². The molecule has 0 spiro atoms. The van der Waals surface area contributed by atoms with Gasteiger partial charge < -0.3 is 14.0 Å². The van der Waals surface area contributed by atoms with Crippen LogP contribution in [0.2, 0.25) is 0 Å². The molecule has 1 saturated carbocycles. The molecule has 5 nitrogen and oxygen atoms in total. The first-order valence-electron chi connectivity index (χ1n) is 9.45. The number of carbonyl (C=O) groups is 1. The van der Waals surface area contributed by atoms with E-state index in [4.69, 9.17) is 4.74 Å². The summed E-state index contributed by atoms with van der Waals surface area (Å²) in [5.41, 5.74) is 3.60. The number of nitrogens with zero attached hydrogens (tertiary/aromatic N) is 3. The average molecular weight is 363 g/mol. The number of fused-ring (bicyclic) bond motifs is 1. The zero-order valence-electron chi connectivity index (χ0n) is 16.1. The molecule has 1 aliphatic rings. The quantitative estimate of drug-likeness (QED) is 0.663. The van der Waals surface area contributed by atoms with Gasteiger partial charge in [0.15, 0.2) is 0 Å². The highest BCUT2D eigenvalue weighted by molar-refractivity contribution is 5.94. The highest BCUT2D eigenvalue weighted by atomic mass is 16.5. The zero-order chi connectivity index (χ0) is 19.0. The minimum absolute atomic E-state index is 0.0445. The predicted molar refractivity (Wildman–Crippen MR) is 105 cm³/mol. The summed E-state index contributed by atoms with van der Waals surface area (Å²) in [4.78, 5) is 19.2. The molecule has 140 valence electrons. The SMILES string of the molecule is Cc1ccc2nc(COc3cccc(C(=O)N(C)C(C)C4CC4)c3)cn2c1. The molecule has 0 saturated heterocycles. The van der Waals surface area contributed by atoms with Crippen molar-refractivity contribution < 1.29 is 9.53 Å². The van der Waals surface area contributed by atoms with Gasteiger partial charge in [-0.2, -0.15) is 0 Å². The van der Waals surface area contributed by atoms with Gasteiger partial charge >= 0.3 is 0 Å². The van der Waals surface area contributed by atoms with Crippen LogP contribution in [-0.2, 0) is 6.61 Å². The van der Waals surface area contributed by atoms with E-state index in [0.29, 0.717) is 23.8 Å². The van der Waals surface area contributed by atoms with Crippen LogP contribution < -0.4 is 4.74 Å². The summed E-state index contributed by atoms with van der Waals surface area (Å²) >= 11 is 0. The van der Waals surface area contributed by atoms with Crippen LogP contribution in [0.3, 0.4) is 0 Å². The van der Waals surface area contributed by atoms with Gasteiger partial charge in [-0.1, -0.05) is 12.1 Å². The third-order valence-corrected chi connectivity index (χ3v) is 5.35. The number of carbonyl (C=O) groups excluding carboxylic acids is 1. The topological polar surface area (TPSA) is 46.8 Å². The van der Waals surface area contributed by atoms with Crippen molar-refractivity contribution in [1.82, 2.24) is 14.3 Å². The fraction of sp³-hybridized carbons (Fsp3) is 0.364. The molecule has 5 heteroatoms. The van der Waals surface area contributed by atoms with Crippen molar-refractivity contribution in [3.63, 3.8) is 0 Å². The molecule has 2 heterocycles. The van der Waals surface area contributed by atoms with Crippen LogP contribution >= 0.6 is 0 Å². The summed E-state index contributed by atoms with van der Waals surface area (Å²) in [5.74, 6) is 1.38. The van der Waals surface area contributed by atoms with Crippen molar-refractivity contribution in [2.75, 3.05) is 7.05 Å². The van der Waals surface area contributed by atoms with Gasteiger partial charge in [-0.05, 0) is 62.4 Å². The van der Waals surface area contributed by atoms with Crippen LogP contribution in [0, 0.1) is 12.8 Å². The number of hydrogen-bond acceptors (Lipinski definition) is 3.